The number of hydrogen-bond acceptors (Lipinski definition) is 6. The second-order valence-corrected chi connectivity index (χ2v) is 5.09. The van der Waals surface area contributed by atoms with Crippen LogP contribution in [-0.4, -0.2) is 63.8 Å². The summed E-state index contributed by atoms with van der Waals surface area (Å²) in [5.74, 6) is 0. The summed E-state index contributed by atoms with van der Waals surface area (Å²) in [5.41, 5.74) is 0. The van der Waals surface area contributed by atoms with Gasteiger partial charge in [0.2, 0.25) is 0 Å². The summed E-state index contributed by atoms with van der Waals surface area (Å²) in [6.07, 6.45) is -0.644. The molecule has 1 saturated carbocycles. The Balaban J connectivity index is 1.93. The molecule has 1 heterocycles. The zero-order valence-corrected chi connectivity index (χ0v) is 10.3. The number of hydrogen-bond donors (Lipinski definition) is 4. The van der Waals surface area contributed by atoms with E-state index < -0.39 is 37.3 Å². The van der Waals surface area contributed by atoms with Gasteiger partial charge in [-0.3, -0.25) is 0 Å². The molecule has 4 N–H and O–H groups in total. The van der Waals surface area contributed by atoms with Gasteiger partial charge in [0.1, 0.15) is 24.4 Å². The molecule has 0 radical (unpaired) electrons. The normalized spacial score (nSPS) is 43.0. The van der Waals surface area contributed by atoms with Crippen LogP contribution in [0.5, 0.6) is 0 Å². The van der Waals surface area contributed by atoms with Crippen LogP contribution in [0.25, 0.3) is 0 Å². The first-order chi connectivity index (χ1) is 8.63. The summed E-state index contributed by atoms with van der Waals surface area (Å²) in [7, 11) is 0. The van der Waals surface area contributed by atoms with Crippen molar-refractivity contribution in [1.29, 1.82) is 0 Å². The Labute approximate surface area is 106 Å². The molecule has 106 valence electrons. The van der Waals surface area contributed by atoms with Gasteiger partial charge >= 0.3 is 0 Å². The third-order valence-electron chi connectivity index (χ3n) is 3.73. The maximum absolute atomic E-state index is 9.81. The van der Waals surface area contributed by atoms with Crippen molar-refractivity contribution in [3.8, 4) is 0 Å². The molecule has 1 unspecified atom stereocenters. The molecule has 18 heavy (non-hydrogen) atoms. The van der Waals surface area contributed by atoms with Crippen molar-refractivity contribution in [2.45, 2.75) is 68.9 Å². The predicted molar refractivity (Wildman–Crippen MR) is 61.7 cm³/mol. The van der Waals surface area contributed by atoms with E-state index in [2.05, 4.69) is 0 Å². The molecule has 2 fully saturated rings. The van der Waals surface area contributed by atoms with Gasteiger partial charge in [0, 0.05) is 0 Å². The van der Waals surface area contributed by atoms with Gasteiger partial charge in [-0.25, -0.2) is 0 Å². The van der Waals surface area contributed by atoms with Crippen LogP contribution in [0.15, 0.2) is 0 Å². The van der Waals surface area contributed by atoms with Crippen LogP contribution in [-0.2, 0) is 9.47 Å². The zero-order chi connectivity index (χ0) is 13.1. The maximum atomic E-state index is 9.81. The highest BCUT2D eigenvalue weighted by atomic mass is 16.7. The van der Waals surface area contributed by atoms with Crippen molar-refractivity contribution in [1.82, 2.24) is 0 Å². The molecule has 0 bridgehead atoms. The van der Waals surface area contributed by atoms with Gasteiger partial charge < -0.3 is 29.9 Å². The molecule has 0 spiro atoms. The highest BCUT2D eigenvalue weighted by Crippen LogP contribution is 2.27. The van der Waals surface area contributed by atoms with E-state index in [1.807, 2.05) is 0 Å². The van der Waals surface area contributed by atoms with E-state index in [1.54, 1.807) is 0 Å². The Morgan fingerprint density at radius 1 is 0.944 bits per heavy atom. The number of aliphatic hydroxyl groups is 4. The smallest absolute Gasteiger partial charge is 0.186 e. The first kappa shape index (κ1) is 14.2. The monoisotopic (exact) mass is 262 g/mol. The van der Waals surface area contributed by atoms with E-state index >= 15 is 0 Å². The van der Waals surface area contributed by atoms with Gasteiger partial charge in [-0.2, -0.15) is 0 Å². The second kappa shape index (κ2) is 6.27. The minimum absolute atomic E-state index is 0.0141. The number of rotatable bonds is 3. The van der Waals surface area contributed by atoms with E-state index in [0.717, 1.165) is 25.7 Å². The maximum Gasteiger partial charge on any atom is 0.186 e. The summed E-state index contributed by atoms with van der Waals surface area (Å²) < 4.78 is 10.9. The Morgan fingerprint density at radius 2 is 1.61 bits per heavy atom. The van der Waals surface area contributed by atoms with Crippen molar-refractivity contribution in [2.75, 3.05) is 6.61 Å². The Kier molecular flexibility index (Phi) is 4.94. The summed E-state index contributed by atoms with van der Waals surface area (Å²) >= 11 is 0. The van der Waals surface area contributed by atoms with E-state index in [-0.39, 0.29) is 6.10 Å². The molecule has 1 saturated heterocycles. The fourth-order valence-electron chi connectivity index (χ4n) is 2.57. The van der Waals surface area contributed by atoms with Crippen molar-refractivity contribution in [3.05, 3.63) is 0 Å². The minimum atomic E-state index is -1.36. The first-order valence-corrected chi connectivity index (χ1v) is 6.59. The fourth-order valence-corrected chi connectivity index (χ4v) is 2.57. The van der Waals surface area contributed by atoms with Crippen LogP contribution >= 0.6 is 0 Å². The van der Waals surface area contributed by atoms with Crippen molar-refractivity contribution in [3.63, 3.8) is 0 Å². The predicted octanol–water partition coefficient (Wildman–Crippen LogP) is -0.864. The number of ether oxygens (including phenoxy) is 2. The zero-order valence-electron chi connectivity index (χ0n) is 10.3. The van der Waals surface area contributed by atoms with Gasteiger partial charge in [0.15, 0.2) is 6.29 Å². The lowest BCUT2D eigenvalue weighted by atomic mass is 9.96. The van der Waals surface area contributed by atoms with Gasteiger partial charge in [-0.15, -0.1) is 0 Å². The summed E-state index contributed by atoms with van der Waals surface area (Å²) in [5, 5.41) is 38.1. The first-order valence-electron chi connectivity index (χ1n) is 6.59. The summed E-state index contributed by atoms with van der Waals surface area (Å²) in [6.45, 7) is -0.421. The largest absolute Gasteiger partial charge is 0.394 e. The number of aliphatic hydroxyl groups excluding tert-OH is 4. The molecule has 0 aromatic heterocycles. The van der Waals surface area contributed by atoms with Crippen LogP contribution in [0.1, 0.15) is 32.1 Å². The van der Waals surface area contributed by atoms with Gasteiger partial charge in [-0.1, -0.05) is 19.3 Å². The quantitative estimate of drug-likeness (QED) is 0.528. The molecular weight excluding hydrogens is 240 g/mol. The van der Waals surface area contributed by atoms with E-state index in [4.69, 9.17) is 14.6 Å². The SMILES string of the molecule is OC[C@H]1OC(OC2CCCCC2)[C@H](O)[C@@H](O)[C@@H]1O. The average molecular weight is 262 g/mol. The van der Waals surface area contributed by atoms with Crippen molar-refractivity contribution in [2.24, 2.45) is 0 Å². The van der Waals surface area contributed by atoms with Gasteiger partial charge in [-0.05, 0) is 12.8 Å². The summed E-state index contributed by atoms with van der Waals surface area (Å²) in [4.78, 5) is 0. The summed E-state index contributed by atoms with van der Waals surface area (Å²) in [6, 6.07) is 0. The average Bonchev–Trinajstić information content (AvgIpc) is 2.40. The molecule has 1 aliphatic carbocycles. The molecule has 0 aromatic rings. The minimum Gasteiger partial charge on any atom is -0.394 e. The lowest BCUT2D eigenvalue weighted by Gasteiger charge is -2.41. The van der Waals surface area contributed by atoms with E-state index in [9.17, 15) is 15.3 Å². The molecular formula is C12H22O6. The van der Waals surface area contributed by atoms with Crippen molar-refractivity contribution >= 4 is 0 Å². The van der Waals surface area contributed by atoms with Crippen LogP contribution in [0, 0.1) is 0 Å². The molecule has 6 nitrogen and oxygen atoms in total. The van der Waals surface area contributed by atoms with E-state index in [0.29, 0.717) is 0 Å². The van der Waals surface area contributed by atoms with Gasteiger partial charge in [0.05, 0.1) is 12.7 Å². The van der Waals surface area contributed by atoms with Crippen molar-refractivity contribution < 1.29 is 29.9 Å². The highest BCUT2D eigenvalue weighted by Gasteiger charge is 2.44. The van der Waals surface area contributed by atoms with E-state index in [1.165, 1.54) is 6.42 Å². The van der Waals surface area contributed by atoms with Crippen LogP contribution in [0.4, 0.5) is 0 Å². The Bertz CT molecular complexity index is 253. The fraction of sp³-hybridized carbons (Fsp3) is 1.00. The molecule has 0 amide bonds. The topological polar surface area (TPSA) is 99.4 Å². The Morgan fingerprint density at radius 3 is 2.22 bits per heavy atom. The molecule has 6 heteroatoms. The van der Waals surface area contributed by atoms with Crippen LogP contribution < -0.4 is 0 Å². The molecule has 2 rings (SSSR count). The lowest BCUT2D eigenvalue weighted by Crippen LogP contribution is -2.59. The lowest BCUT2D eigenvalue weighted by molar-refractivity contribution is -0.312. The molecule has 2 aliphatic rings. The third-order valence-corrected chi connectivity index (χ3v) is 3.73. The highest BCUT2D eigenvalue weighted by molar-refractivity contribution is 4.89. The third kappa shape index (κ3) is 3.01. The van der Waals surface area contributed by atoms with Gasteiger partial charge in [0.25, 0.3) is 0 Å². The van der Waals surface area contributed by atoms with Crippen LogP contribution in [0.3, 0.4) is 0 Å². The Hall–Kier alpha value is -0.240. The molecule has 5 atom stereocenters. The standard InChI is InChI=1S/C12H22O6/c13-6-8-9(14)10(15)11(16)12(18-8)17-7-4-2-1-3-5-7/h7-16H,1-6H2/t8-,9-,10+,11-,12?/m1/s1. The molecule has 0 aromatic carbocycles. The molecule has 1 aliphatic heterocycles. The van der Waals surface area contributed by atoms with Crippen LogP contribution in [0.2, 0.25) is 0 Å². The second-order valence-electron chi connectivity index (χ2n) is 5.09.